The molecule has 0 aromatic rings. The third kappa shape index (κ3) is 3.45. The molecule has 2 saturated heterocycles. The Morgan fingerprint density at radius 2 is 1.86 bits per heavy atom. The Morgan fingerprint density at radius 3 is 2.41 bits per heavy atom. The van der Waals surface area contributed by atoms with E-state index in [2.05, 4.69) is 6.92 Å². The first-order valence-corrected chi connectivity index (χ1v) is 9.36. The highest BCUT2D eigenvalue weighted by Gasteiger charge is 2.40. The quantitative estimate of drug-likeness (QED) is 0.741. The van der Waals surface area contributed by atoms with Crippen LogP contribution in [0.15, 0.2) is 0 Å². The van der Waals surface area contributed by atoms with E-state index >= 15 is 0 Å². The van der Waals surface area contributed by atoms with Crippen molar-refractivity contribution in [1.82, 2.24) is 8.61 Å². The number of hydrogen-bond acceptors (Lipinski definition) is 5. The van der Waals surface area contributed by atoms with Crippen LogP contribution in [0, 0.1) is 11.8 Å². The van der Waals surface area contributed by atoms with Crippen molar-refractivity contribution in [2.45, 2.75) is 38.6 Å². The molecule has 2 fully saturated rings. The summed E-state index contributed by atoms with van der Waals surface area (Å²) in [6, 6.07) is -0.128. The highest BCUT2D eigenvalue weighted by atomic mass is 32.2. The fourth-order valence-electron chi connectivity index (χ4n) is 3.48. The first-order chi connectivity index (χ1) is 10.4. The fraction of sp³-hybridized carbons (Fsp3) is 0.929. The molecule has 2 N–H and O–H groups in total. The third-order valence-electron chi connectivity index (χ3n) is 4.92. The molecule has 2 unspecified atom stereocenters. The van der Waals surface area contributed by atoms with Gasteiger partial charge in [0.1, 0.15) is 0 Å². The van der Waals surface area contributed by atoms with Gasteiger partial charge in [-0.25, -0.2) is 0 Å². The number of methoxy groups -OCH3 is 1. The van der Waals surface area contributed by atoms with Crippen LogP contribution in [0.25, 0.3) is 0 Å². The molecule has 0 radical (unpaired) electrons. The van der Waals surface area contributed by atoms with E-state index in [1.807, 2.05) is 0 Å². The Labute approximate surface area is 133 Å². The average Bonchev–Trinajstić information content (AvgIpc) is 2.54. The van der Waals surface area contributed by atoms with Crippen molar-refractivity contribution in [2.75, 3.05) is 33.3 Å². The lowest BCUT2D eigenvalue weighted by Crippen LogP contribution is -2.56. The molecule has 0 spiro atoms. The monoisotopic (exact) mass is 333 g/mol. The molecule has 0 aromatic carbocycles. The van der Waals surface area contributed by atoms with Gasteiger partial charge in [0.2, 0.25) is 0 Å². The van der Waals surface area contributed by atoms with Crippen LogP contribution in [-0.2, 0) is 19.7 Å². The van der Waals surface area contributed by atoms with Gasteiger partial charge in [-0.05, 0) is 31.6 Å². The second-order valence-electron chi connectivity index (χ2n) is 6.24. The lowest BCUT2D eigenvalue weighted by Gasteiger charge is -2.42. The Kier molecular flexibility index (Phi) is 5.81. The van der Waals surface area contributed by atoms with Gasteiger partial charge in [0.05, 0.1) is 13.0 Å². The van der Waals surface area contributed by atoms with Gasteiger partial charge in [-0.2, -0.15) is 17.0 Å². The zero-order chi connectivity index (χ0) is 16.3. The lowest BCUT2D eigenvalue weighted by atomic mass is 9.93. The van der Waals surface area contributed by atoms with Gasteiger partial charge < -0.3 is 10.5 Å². The van der Waals surface area contributed by atoms with Gasteiger partial charge >= 0.3 is 5.97 Å². The molecule has 0 amide bonds. The Hall–Kier alpha value is -0.700. The van der Waals surface area contributed by atoms with Crippen LogP contribution in [-0.4, -0.2) is 62.3 Å². The van der Waals surface area contributed by atoms with Crippen LogP contribution in [0.3, 0.4) is 0 Å². The molecular formula is C14H27N3O4S. The molecule has 2 aliphatic heterocycles. The van der Waals surface area contributed by atoms with Crippen molar-refractivity contribution in [3.63, 3.8) is 0 Å². The maximum atomic E-state index is 12.9. The molecule has 0 bridgehead atoms. The smallest absolute Gasteiger partial charge is 0.308 e. The molecule has 0 saturated carbocycles. The van der Waals surface area contributed by atoms with Crippen molar-refractivity contribution in [3.8, 4) is 0 Å². The van der Waals surface area contributed by atoms with Crippen molar-refractivity contribution in [1.29, 1.82) is 0 Å². The molecule has 2 aliphatic rings. The molecule has 0 aliphatic carbocycles. The van der Waals surface area contributed by atoms with Crippen LogP contribution < -0.4 is 5.73 Å². The average molecular weight is 333 g/mol. The van der Waals surface area contributed by atoms with Crippen molar-refractivity contribution < 1.29 is 17.9 Å². The summed E-state index contributed by atoms with van der Waals surface area (Å²) in [5.74, 6) is -0.161. The first kappa shape index (κ1) is 17.7. The molecule has 2 atom stereocenters. The molecular weight excluding hydrogens is 306 g/mol. The molecule has 7 nitrogen and oxygen atoms in total. The first-order valence-electron chi connectivity index (χ1n) is 7.96. The van der Waals surface area contributed by atoms with Crippen molar-refractivity contribution in [2.24, 2.45) is 17.6 Å². The minimum absolute atomic E-state index is 0.128. The van der Waals surface area contributed by atoms with E-state index in [1.54, 1.807) is 4.31 Å². The number of rotatable bonds is 4. The summed E-state index contributed by atoms with van der Waals surface area (Å²) in [5.41, 5.74) is 5.80. The molecule has 0 aromatic heterocycles. The lowest BCUT2D eigenvalue weighted by molar-refractivity contribution is -0.146. The van der Waals surface area contributed by atoms with Crippen LogP contribution in [0.2, 0.25) is 0 Å². The summed E-state index contributed by atoms with van der Waals surface area (Å²) in [7, 11) is -2.13. The number of esters is 1. The predicted molar refractivity (Wildman–Crippen MR) is 83.2 cm³/mol. The Morgan fingerprint density at radius 1 is 1.23 bits per heavy atom. The summed E-state index contributed by atoms with van der Waals surface area (Å²) in [5, 5.41) is 0. The van der Waals surface area contributed by atoms with Crippen molar-refractivity contribution in [3.05, 3.63) is 0 Å². The highest BCUT2D eigenvalue weighted by molar-refractivity contribution is 7.86. The molecule has 128 valence electrons. The number of piperidine rings is 2. The standard InChI is InChI=1S/C14H27N3O4S/c1-11-4-3-7-17(13(11)10-15)22(19,20)16-8-5-12(6-9-16)14(18)21-2/h11-13H,3-10,15H2,1-2H3. The number of nitrogens with zero attached hydrogens (tertiary/aromatic N) is 2. The van der Waals surface area contributed by atoms with Gasteiger partial charge in [0.25, 0.3) is 10.2 Å². The third-order valence-corrected chi connectivity index (χ3v) is 6.98. The molecule has 2 heterocycles. The van der Waals surface area contributed by atoms with Gasteiger partial charge in [0, 0.05) is 32.2 Å². The summed E-state index contributed by atoms with van der Waals surface area (Å²) < 4.78 is 33.6. The van der Waals surface area contributed by atoms with Crippen LogP contribution >= 0.6 is 0 Å². The van der Waals surface area contributed by atoms with E-state index in [-0.39, 0.29) is 23.8 Å². The zero-order valence-corrected chi connectivity index (χ0v) is 14.2. The number of nitrogens with two attached hydrogens (primary N) is 1. The largest absolute Gasteiger partial charge is 0.469 e. The van der Waals surface area contributed by atoms with E-state index in [0.29, 0.717) is 39.0 Å². The van der Waals surface area contributed by atoms with Crippen LogP contribution in [0.4, 0.5) is 0 Å². The second-order valence-corrected chi connectivity index (χ2v) is 8.12. The van der Waals surface area contributed by atoms with Gasteiger partial charge in [0.15, 0.2) is 0 Å². The van der Waals surface area contributed by atoms with E-state index in [1.165, 1.54) is 11.4 Å². The molecule has 2 rings (SSSR count). The fourth-order valence-corrected chi connectivity index (χ4v) is 5.45. The maximum absolute atomic E-state index is 12.9. The van der Waals surface area contributed by atoms with Crippen LogP contribution in [0.1, 0.15) is 32.6 Å². The highest BCUT2D eigenvalue weighted by Crippen LogP contribution is 2.29. The SMILES string of the molecule is COC(=O)C1CCN(S(=O)(=O)N2CCCC(C)C2CN)CC1. The number of carbonyl (C=O) groups excluding carboxylic acids is 1. The van der Waals surface area contributed by atoms with Gasteiger partial charge in [-0.3, -0.25) is 4.79 Å². The zero-order valence-electron chi connectivity index (χ0n) is 13.4. The summed E-state index contributed by atoms with van der Waals surface area (Å²) in [6.45, 7) is 3.67. The normalized spacial score (nSPS) is 29.4. The Bertz CT molecular complexity index is 488. The van der Waals surface area contributed by atoms with Crippen molar-refractivity contribution >= 4 is 16.2 Å². The molecule has 8 heteroatoms. The summed E-state index contributed by atoms with van der Waals surface area (Å²) in [6.07, 6.45) is 2.92. The van der Waals surface area contributed by atoms with E-state index < -0.39 is 10.2 Å². The number of hydrogen-bond donors (Lipinski definition) is 1. The minimum Gasteiger partial charge on any atom is -0.469 e. The van der Waals surface area contributed by atoms with Gasteiger partial charge in [-0.1, -0.05) is 6.92 Å². The second kappa shape index (κ2) is 7.25. The summed E-state index contributed by atoms with van der Waals surface area (Å²) >= 11 is 0. The minimum atomic E-state index is -3.50. The van der Waals surface area contributed by atoms with E-state index in [9.17, 15) is 13.2 Å². The van der Waals surface area contributed by atoms with Crippen LogP contribution in [0.5, 0.6) is 0 Å². The topological polar surface area (TPSA) is 92.9 Å². The Balaban J connectivity index is 2.06. The predicted octanol–water partition coefficient (Wildman–Crippen LogP) is 0.175. The van der Waals surface area contributed by atoms with E-state index in [4.69, 9.17) is 10.5 Å². The maximum Gasteiger partial charge on any atom is 0.308 e. The van der Waals surface area contributed by atoms with E-state index in [0.717, 1.165) is 12.8 Å². The van der Waals surface area contributed by atoms with Gasteiger partial charge in [-0.15, -0.1) is 0 Å². The number of ether oxygens (including phenoxy) is 1. The number of carbonyl (C=O) groups is 1. The molecule has 22 heavy (non-hydrogen) atoms. The summed E-state index contributed by atoms with van der Waals surface area (Å²) in [4.78, 5) is 11.5.